The van der Waals surface area contributed by atoms with Gasteiger partial charge in [-0.3, -0.25) is 9.69 Å². The van der Waals surface area contributed by atoms with E-state index in [1.54, 1.807) is 18.9 Å². The molecule has 0 aliphatic rings. The Bertz CT molecular complexity index is 439. The fraction of sp³-hybridized carbons (Fsp3) is 0.500. The van der Waals surface area contributed by atoms with Gasteiger partial charge in [0.2, 0.25) is 5.91 Å². The summed E-state index contributed by atoms with van der Waals surface area (Å²) in [5.41, 5.74) is 0.163. The van der Waals surface area contributed by atoms with Gasteiger partial charge in [0.05, 0.1) is 13.1 Å². The fourth-order valence-electron chi connectivity index (χ4n) is 1.65. The van der Waals surface area contributed by atoms with Gasteiger partial charge in [0, 0.05) is 6.54 Å². The van der Waals surface area contributed by atoms with E-state index in [0.29, 0.717) is 24.6 Å². The van der Waals surface area contributed by atoms with E-state index in [2.05, 4.69) is 5.32 Å². The molecule has 0 radical (unpaired) electrons. The highest BCUT2D eigenvalue weighted by Crippen LogP contribution is 2.15. The number of carbonyl (C=O) groups excluding carboxylic acids is 1. The molecule has 0 aliphatic carbocycles. The van der Waals surface area contributed by atoms with Gasteiger partial charge >= 0.3 is 5.97 Å². The summed E-state index contributed by atoms with van der Waals surface area (Å²) in [5, 5.41) is 11.6. The molecule has 0 saturated heterocycles. The molecule has 0 bridgehead atoms. The first-order valence-electron chi connectivity index (χ1n) is 5.71. The van der Waals surface area contributed by atoms with Crippen LogP contribution < -0.4 is 5.32 Å². The van der Waals surface area contributed by atoms with E-state index in [1.807, 2.05) is 6.92 Å². The van der Waals surface area contributed by atoms with Crippen molar-refractivity contribution < 1.29 is 19.1 Å². The van der Waals surface area contributed by atoms with Crippen LogP contribution in [-0.2, 0) is 11.3 Å². The SMILES string of the molecule is CCNC(=O)CN(C)Cc1cc(C(=O)O)c(C)o1. The minimum absolute atomic E-state index is 0.0678. The molecule has 6 heteroatoms. The molecule has 0 aliphatic heterocycles. The number of furan rings is 1. The average molecular weight is 254 g/mol. The lowest BCUT2D eigenvalue weighted by Crippen LogP contribution is -2.34. The third kappa shape index (κ3) is 3.89. The Balaban J connectivity index is 2.59. The van der Waals surface area contributed by atoms with Gasteiger partial charge in [-0.15, -0.1) is 0 Å². The number of hydrogen-bond donors (Lipinski definition) is 2. The van der Waals surface area contributed by atoms with Crippen LogP contribution in [0.15, 0.2) is 10.5 Å². The zero-order valence-corrected chi connectivity index (χ0v) is 10.8. The van der Waals surface area contributed by atoms with Crippen molar-refractivity contribution in [2.24, 2.45) is 0 Å². The highest BCUT2D eigenvalue weighted by Gasteiger charge is 2.15. The number of nitrogens with zero attached hydrogens (tertiary/aromatic N) is 1. The summed E-state index contributed by atoms with van der Waals surface area (Å²) < 4.78 is 5.33. The van der Waals surface area contributed by atoms with Crippen molar-refractivity contribution in [3.05, 3.63) is 23.2 Å². The third-order valence-corrected chi connectivity index (χ3v) is 2.41. The Kier molecular flexibility index (Phi) is 4.91. The quantitative estimate of drug-likeness (QED) is 0.786. The number of carbonyl (C=O) groups is 2. The minimum Gasteiger partial charge on any atom is -0.478 e. The number of aryl methyl sites for hydroxylation is 1. The zero-order valence-electron chi connectivity index (χ0n) is 10.8. The second kappa shape index (κ2) is 6.20. The summed E-state index contributed by atoms with van der Waals surface area (Å²) in [6.45, 7) is 4.70. The third-order valence-electron chi connectivity index (χ3n) is 2.41. The first-order valence-corrected chi connectivity index (χ1v) is 5.71. The molecule has 1 rings (SSSR count). The maximum atomic E-state index is 11.3. The van der Waals surface area contributed by atoms with Crippen LogP contribution in [0.5, 0.6) is 0 Å². The predicted molar refractivity (Wildman–Crippen MR) is 65.4 cm³/mol. The number of rotatable bonds is 6. The zero-order chi connectivity index (χ0) is 13.7. The molecule has 100 valence electrons. The van der Waals surface area contributed by atoms with E-state index in [9.17, 15) is 9.59 Å². The van der Waals surface area contributed by atoms with Crippen LogP contribution in [0, 0.1) is 6.92 Å². The van der Waals surface area contributed by atoms with Gasteiger partial charge in [0.15, 0.2) is 0 Å². The van der Waals surface area contributed by atoms with Gasteiger partial charge in [0.1, 0.15) is 17.1 Å². The lowest BCUT2D eigenvalue weighted by atomic mass is 10.2. The molecule has 6 nitrogen and oxygen atoms in total. The van der Waals surface area contributed by atoms with Crippen LogP contribution in [-0.4, -0.2) is 42.0 Å². The fourth-order valence-corrected chi connectivity index (χ4v) is 1.65. The van der Waals surface area contributed by atoms with Crippen molar-refractivity contribution in [2.75, 3.05) is 20.1 Å². The molecule has 1 aromatic heterocycles. The van der Waals surface area contributed by atoms with Gasteiger partial charge in [-0.2, -0.15) is 0 Å². The Labute approximate surface area is 106 Å². The van der Waals surface area contributed by atoms with Crippen LogP contribution in [0.25, 0.3) is 0 Å². The number of aromatic carboxylic acids is 1. The van der Waals surface area contributed by atoms with E-state index < -0.39 is 5.97 Å². The van der Waals surface area contributed by atoms with E-state index in [4.69, 9.17) is 9.52 Å². The summed E-state index contributed by atoms with van der Waals surface area (Å²) >= 11 is 0. The van der Waals surface area contributed by atoms with Crippen LogP contribution in [0.4, 0.5) is 0 Å². The van der Waals surface area contributed by atoms with Gasteiger partial charge in [-0.1, -0.05) is 0 Å². The van der Waals surface area contributed by atoms with Crippen molar-refractivity contribution in [1.82, 2.24) is 10.2 Å². The summed E-state index contributed by atoms with van der Waals surface area (Å²) in [6, 6.07) is 1.49. The van der Waals surface area contributed by atoms with Gasteiger partial charge in [-0.05, 0) is 27.0 Å². The summed E-state index contributed by atoms with van der Waals surface area (Å²) in [7, 11) is 1.77. The first kappa shape index (κ1) is 14.2. The van der Waals surface area contributed by atoms with Crippen molar-refractivity contribution in [3.8, 4) is 0 Å². The molecule has 0 saturated carbocycles. The van der Waals surface area contributed by atoms with Gasteiger partial charge in [0.25, 0.3) is 0 Å². The van der Waals surface area contributed by atoms with Crippen molar-refractivity contribution in [2.45, 2.75) is 20.4 Å². The molecule has 1 aromatic rings. The van der Waals surface area contributed by atoms with Crippen molar-refractivity contribution >= 4 is 11.9 Å². The largest absolute Gasteiger partial charge is 0.478 e. The van der Waals surface area contributed by atoms with E-state index in [-0.39, 0.29) is 18.0 Å². The summed E-state index contributed by atoms with van der Waals surface area (Å²) in [4.78, 5) is 24.0. The molecule has 2 N–H and O–H groups in total. The van der Waals surface area contributed by atoms with Crippen molar-refractivity contribution in [3.63, 3.8) is 0 Å². The molecular weight excluding hydrogens is 236 g/mol. The minimum atomic E-state index is -1.01. The van der Waals surface area contributed by atoms with E-state index in [1.165, 1.54) is 6.07 Å². The number of carboxylic acids is 1. The smallest absolute Gasteiger partial charge is 0.339 e. The average Bonchev–Trinajstić information content (AvgIpc) is 2.59. The Hall–Kier alpha value is -1.82. The Morgan fingerprint density at radius 2 is 2.17 bits per heavy atom. The topological polar surface area (TPSA) is 82.8 Å². The molecule has 0 spiro atoms. The molecule has 0 unspecified atom stereocenters. The standard InChI is InChI=1S/C12H18N2O4/c1-4-13-11(15)7-14(3)6-9-5-10(12(16)17)8(2)18-9/h5H,4,6-7H2,1-3H3,(H,13,15)(H,16,17). The van der Waals surface area contributed by atoms with Crippen molar-refractivity contribution in [1.29, 1.82) is 0 Å². The predicted octanol–water partition coefficient (Wildman–Crippen LogP) is 0.854. The summed E-state index contributed by atoms with van der Waals surface area (Å²) in [5.74, 6) is -0.156. The second-order valence-corrected chi connectivity index (χ2v) is 4.11. The number of likely N-dealkylation sites (N-methyl/N-ethyl adjacent to an activating group) is 2. The monoisotopic (exact) mass is 254 g/mol. The molecule has 18 heavy (non-hydrogen) atoms. The molecule has 1 heterocycles. The molecule has 1 amide bonds. The first-order chi connectivity index (χ1) is 8.43. The van der Waals surface area contributed by atoms with Gasteiger partial charge < -0.3 is 14.8 Å². The molecule has 0 atom stereocenters. The lowest BCUT2D eigenvalue weighted by Gasteiger charge is -2.14. The van der Waals surface area contributed by atoms with E-state index in [0.717, 1.165) is 0 Å². The second-order valence-electron chi connectivity index (χ2n) is 4.11. The maximum Gasteiger partial charge on any atom is 0.339 e. The van der Waals surface area contributed by atoms with Crippen LogP contribution in [0.2, 0.25) is 0 Å². The number of nitrogens with one attached hydrogen (secondary N) is 1. The van der Waals surface area contributed by atoms with Crippen LogP contribution in [0.1, 0.15) is 28.8 Å². The Morgan fingerprint density at radius 1 is 1.50 bits per heavy atom. The lowest BCUT2D eigenvalue weighted by molar-refractivity contribution is -0.122. The summed E-state index contributed by atoms with van der Waals surface area (Å²) in [6.07, 6.45) is 0. The Morgan fingerprint density at radius 3 is 2.67 bits per heavy atom. The maximum absolute atomic E-state index is 11.3. The van der Waals surface area contributed by atoms with Crippen LogP contribution >= 0.6 is 0 Å². The highest BCUT2D eigenvalue weighted by molar-refractivity contribution is 5.88. The number of amides is 1. The molecule has 0 aromatic carbocycles. The van der Waals surface area contributed by atoms with Crippen LogP contribution in [0.3, 0.4) is 0 Å². The molecular formula is C12H18N2O4. The molecule has 0 fully saturated rings. The van der Waals surface area contributed by atoms with Gasteiger partial charge in [-0.25, -0.2) is 4.79 Å². The van der Waals surface area contributed by atoms with E-state index >= 15 is 0 Å². The number of carboxylic acid groups (broad SMARTS) is 1. The number of hydrogen-bond acceptors (Lipinski definition) is 4. The highest BCUT2D eigenvalue weighted by atomic mass is 16.4. The normalized spacial score (nSPS) is 10.7.